The number of benzene rings is 2. The molecule has 0 atom stereocenters. The standard InChI is InChI=1S/C18H20N2O4S/c1-14(13-18(21)19-22)7-8-15-9-11-16(12-10-15)20-25(23,24)17-5-3-2-4-6-17/h2-7,9-12,20,22H,8,13H2,1H3,(H,19,21)/b14-7+. The highest BCUT2D eigenvalue weighted by molar-refractivity contribution is 7.92. The van der Waals surface area contributed by atoms with Gasteiger partial charge in [0.15, 0.2) is 0 Å². The van der Waals surface area contributed by atoms with Crippen molar-refractivity contribution in [2.75, 3.05) is 4.72 Å². The van der Waals surface area contributed by atoms with Crippen LogP contribution in [0.15, 0.2) is 71.1 Å². The van der Waals surface area contributed by atoms with E-state index in [1.165, 1.54) is 12.1 Å². The average Bonchev–Trinajstić information content (AvgIpc) is 2.61. The summed E-state index contributed by atoms with van der Waals surface area (Å²) in [5.41, 5.74) is 3.88. The molecule has 0 aliphatic carbocycles. The van der Waals surface area contributed by atoms with Crippen LogP contribution in [0.4, 0.5) is 5.69 Å². The Bertz CT molecular complexity index is 844. The average molecular weight is 360 g/mol. The minimum absolute atomic E-state index is 0.130. The Labute approximate surface area is 147 Å². The van der Waals surface area contributed by atoms with Crippen LogP contribution in [-0.2, 0) is 21.2 Å². The minimum atomic E-state index is -3.60. The van der Waals surface area contributed by atoms with E-state index < -0.39 is 15.9 Å². The van der Waals surface area contributed by atoms with E-state index in [4.69, 9.17) is 5.21 Å². The second kappa shape index (κ2) is 8.46. The molecule has 0 saturated heterocycles. The van der Waals surface area contributed by atoms with Crippen LogP contribution in [0.5, 0.6) is 0 Å². The molecule has 0 spiro atoms. The fourth-order valence-electron chi connectivity index (χ4n) is 2.18. The van der Waals surface area contributed by atoms with Crippen LogP contribution in [0.2, 0.25) is 0 Å². The molecule has 3 N–H and O–H groups in total. The number of allylic oxidation sites excluding steroid dienone is 1. The summed E-state index contributed by atoms with van der Waals surface area (Å²) in [7, 11) is -3.60. The number of hydrogen-bond acceptors (Lipinski definition) is 4. The minimum Gasteiger partial charge on any atom is -0.289 e. The van der Waals surface area contributed by atoms with Crippen LogP contribution >= 0.6 is 0 Å². The van der Waals surface area contributed by atoms with Gasteiger partial charge in [-0.15, -0.1) is 0 Å². The van der Waals surface area contributed by atoms with Crippen molar-refractivity contribution in [2.24, 2.45) is 0 Å². The van der Waals surface area contributed by atoms with Gasteiger partial charge >= 0.3 is 0 Å². The van der Waals surface area contributed by atoms with Gasteiger partial charge in [-0.2, -0.15) is 0 Å². The fourth-order valence-corrected chi connectivity index (χ4v) is 3.26. The number of sulfonamides is 1. The molecule has 2 aromatic rings. The molecule has 0 heterocycles. The monoisotopic (exact) mass is 360 g/mol. The van der Waals surface area contributed by atoms with Crippen molar-refractivity contribution in [3.05, 3.63) is 71.8 Å². The number of hydroxylamine groups is 1. The van der Waals surface area contributed by atoms with E-state index in [0.717, 1.165) is 11.1 Å². The number of amides is 1. The van der Waals surface area contributed by atoms with E-state index in [0.29, 0.717) is 12.1 Å². The second-order valence-corrected chi connectivity index (χ2v) is 7.26. The first-order chi connectivity index (χ1) is 11.9. The molecule has 1 amide bonds. The molecule has 0 aromatic heterocycles. The summed E-state index contributed by atoms with van der Waals surface area (Å²) >= 11 is 0. The van der Waals surface area contributed by atoms with Crippen molar-refractivity contribution in [3.63, 3.8) is 0 Å². The SMILES string of the molecule is C/C(=C\Cc1ccc(NS(=O)(=O)c2ccccc2)cc1)CC(=O)NO. The van der Waals surface area contributed by atoms with Crippen LogP contribution < -0.4 is 10.2 Å². The van der Waals surface area contributed by atoms with E-state index >= 15 is 0 Å². The van der Waals surface area contributed by atoms with Crippen molar-refractivity contribution < 1.29 is 18.4 Å². The van der Waals surface area contributed by atoms with Gasteiger partial charge in [0.05, 0.1) is 4.90 Å². The van der Waals surface area contributed by atoms with Gasteiger partial charge < -0.3 is 0 Å². The second-order valence-electron chi connectivity index (χ2n) is 5.58. The van der Waals surface area contributed by atoms with Crippen LogP contribution in [-0.4, -0.2) is 19.5 Å². The van der Waals surface area contributed by atoms with Crippen molar-refractivity contribution in [2.45, 2.75) is 24.7 Å². The summed E-state index contributed by atoms with van der Waals surface area (Å²) in [6.45, 7) is 1.80. The molecule has 0 unspecified atom stereocenters. The Morgan fingerprint density at radius 1 is 1.08 bits per heavy atom. The lowest BCUT2D eigenvalue weighted by atomic mass is 10.1. The Balaban J connectivity index is 2.00. The van der Waals surface area contributed by atoms with Crippen LogP contribution in [0, 0.1) is 0 Å². The van der Waals surface area contributed by atoms with Gasteiger partial charge in [0.2, 0.25) is 5.91 Å². The maximum atomic E-state index is 12.3. The first-order valence-corrected chi connectivity index (χ1v) is 9.14. The molecule has 0 aliphatic rings. The lowest BCUT2D eigenvalue weighted by Crippen LogP contribution is -2.18. The summed E-state index contributed by atoms with van der Waals surface area (Å²) in [4.78, 5) is 11.3. The van der Waals surface area contributed by atoms with E-state index in [9.17, 15) is 13.2 Å². The quantitative estimate of drug-likeness (QED) is 0.402. The molecule has 0 bridgehead atoms. The molecular weight excluding hydrogens is 340 g/mol. The summed E-state index contributed by atoms with van der Waals surface area (Å²) in [5, 5.41) is 8.49. The molecule has 6 nitrogen and oxygen atoms in total. The number of hydrogen-bond donors (Lipinski definition) is 3. The van der Waals surface area contributed by atoms with E-state index in [1.807, 2.05) is 18.2 Å². The Morgan fingerprint density at radius 2 is 1.72 bits per heavy atom. The maximum absolute atomic E-state index is 12.3. The topological polar surface area (TPSA) is 95.5 Å². The lowest BCUT2D eigenvalue weighted by Gasteiger charge is -2.08. The van der Waals surface area contributed by atoms with E-state index in [2.05, 4.69) is 4.72 Å². The molecule has 0 radical (unpaired) electrons. The van der Waals surface area contributed by atoms with Crippen LogP contribution in [0.25, 0.3) is 0 Å². The molecule has 2 aromatic carbocycles. The highest BCUT2D eigenvalue weighted by atomic mass is 32.2. The lowest BCUT2D eigenvalue weighted by molar-refractivity contribution is -0.128. The highest BCUT2D eigenvalue weighted by Gasteiger charge is 2.13. The third kappa shape index (κ3) is 5.74. The third-order valence-electron chi connectivity index (χ3n) is 3.51. The van der Waals surface area contributed by atoms with Gasteiger partial charge in [0.25, 0.3) is 10.0 Å². The number of nitrogens with one attached hydrogen (secondary N) is 2. The van der Waals surface area contributed by atoms with Crippen molar-refractivity contribution >= 4 is 21.6 Å². The summed E-state index contributed by atoms with van der Waals surface area (Å²) in [5.74, 6) is -0.459. The number of carbonyl (C=O) groups is 1. The Morgan fingerprint density at radius 3 is 2.32 bits per heavy atom. The Kier molecular flexibility index (Phi) is 6.32. The molecule has 0 saturated carbocycles. The van der Waals surface area contributed by atoms with Gasteiger partial charge in [-0.25, -0.2) is 13.9 Å². The smallest absolute Gasteiger partial charge is 0.261 e. The first kappa shape index (κ1) is 18.7. The molecule has 2 rings (SSSR count). The molecule has 0 aliphatic heterocycles. The summed E-state index contributed by atoms with van der Waals surface area (Å²) in [6, 6.07) is 15.2. The van der Waals surface area contributed by atoms with Gasteiger partial charge in [0, 0.05) is 12.1 Å². The van der Waals surface area contributed by atoms with Crippen molar-refractivity contribution in [3.8, 4) is 0 Å². The fraction of sp³-hybridized carbons (Fsp3) is 0.167. The van der Waals surface area contributed by atoms with Crippen molar-refractivity contribution in [1.29, 1.82) is 0 Å². The van der Waals surface area contributed by atoms with Gasteiger partial charge in [0.1, 0.15) is 0 Å². The van der Waals surface area contributed by atoms with E-state index in [1.54, 1.807) is 42.7 Å². The van der Waals surface area contributed by atoms with Crippen LogP contribution in [0.1, 0.15) is 18.9 Å². The summed E-state index contributed by atoms with van der Waals surface area (Å²) < 4.78 is 27.0. The third-order valence-corrected chi connectivity index (χ3v) is 4.91. The predicted molar refractivity (Wildman–Crippen MR) is 95.7 cm³/mol. The van der Waals surface area contributed by atoms with Crippen molar-refractivity contribution in [1.82, 2.24) is 5.48 Å². The van der Waals surface area contributed by atoms with Gasteiger partial charge in [-0.1, -0.05) is 42.0 Å². The zero-order chi connectivity index (χ0) is 18.3. The van der Waals surface area contributed by atoms with Gasteiger partial charge in [-0.05, 0) is 43.2 Å². The molecule has 0 fully saturated rings. The number of anilines is 1. The Hall–Kier alpha value is -2.64. The maximum Gasteiger partial charge on any atom is 0.261 e. The zero-order valence-electron chi connectivity index (χ0n) is 13.8. The van der Waals surface area contributed by atoms with Gasteiger partial charge in [-0.3, -0.25) is 14.7 Å². The molecular formula is C18H20N2O4S. The molecule has 7 heteroatoms. The van der Waals surface area contributed by atoms with E-state index in [-0.39, 0.29) is 11.3 Å². The largest absolute Gasteiger partial charge is 0.289 e. The molecule has 25 heavy (non-hydrogen) atoms. The number of carbonyl (C=O) groups excluding carboxylic acids is 1. The van der Waals surface area contributed by atoms with Crippen LogP contribution in [0.3, 0.4) is 0 Å². The number of rotatable bonds is 7. The predicted octanol–water partition coefficient (Wildman–Crippen LogP) is 2.87. The first-order valence-electron chi connectivity index (χ1n) is 7.66. The normalized spacial score (nSPS) is 11.8. The highest BCUT2D eigenvalue weighted by Crippen LogP contribution is 2.17. The molecule has 132 valence electrons. The zero-order valence-corrected chi connectivity index (χ0v) is 14.6. The summed E-state index contributed by atoms with van der Waals surface area (Å²) in [6.07, 6.45) is 2.63.